The van der Waals surface area contributed by atoms with Crippen molar-refractivity contribution in [2.24, 2.45) is 0 Å². The van der Waals surface area contributed by atoms with E-state index >= 15 is 0 Å². The fourth-order valence-corrected chi connectivity index (χ4v) is 3.51. The molecule has 0 aliphatic rings. The number of nitrogens with one attached hydrogen (secondary N) is 1. The summed E-state index contributed by atoms with van der Waals surface area (Å²) in [6.07, 6.45) is 0. The molecule has 3 aromatic carbocycles. The van der Waals surface area contributed by atoms with Crippen molar-refractivity contribution in [3.63, 3.8) is 0 Å². The van der Waals surface area contributed by atoms with Crippen LogP contribution in [0.3, 0.4) is 0 Å². The predicted octanol–water partition coefficient (Wildman–Crippen LogP) is 6.48. The molecule has 0 bridgehead atoms. The highest BCUT2D eigenvalue weighted by Crippen LogP contribution is 2.37. The number of anilines is 1. The zero-order valence-electron chi connectivity index (χ0n) is 17.3. The molecule has 0 unspecified atom stereocenters. The Labute approximate surface area is 195 Å². The summed E-state index contributed by atoms with van der Waals surface area (Å²) in [5.41, 5.74) is 3.30. The van der Waals surface area contributed by atoms with Crippen molar-refractivity contribution in [3.8, 4) is 11.5 Å². The SMILES string of the molecule is CCOC(=O)c1ccc(NCc2c(Br)ccc(OC)c2OCc2ccc(Cl)cc2)cc1. The fraction of sp³-hybridized carbons (Fsp3) is 0.208. The third-order valence-electron chi connectivity index (χ3n) is 4.55. The minimum absolute atomic E-state index is 0.331. The molecule has 0 radical (unpaired) electrons. The van der Waals surface area contributed by atoms with Gasteiger partial charge in [0.05, 0.1) is 19.3 Å². The molecule has 3 aromatic rings. The smallest absolute Gasteiger partial charge is 0.338 e. The molecule has 0 heterocycles. The lowest BCUT2D eigenvalue weighted by molar-refractivity contribution is 0.0526. The zero-order chi connectivity index (χ0) is 22.2. The van der Waals surface area contributed by atoms with E-state index in [0.29, 0.717) is 41.8 Å². The molecule has 0 spiro atoms. The number of esters is 1. The van der Waals surface area contributed by atoms with Crippen LogP contribution in [0.25, 0.3) is 0 Å². The molecule has 7 heteroatoms. The van der Waals surface area contributed by atoms with E-state index < -0.39 is 0 Å². The van der Waals surface area contributed by atoms with Gasteiger partial charge in [0, 0.05) is 27.3 Å². The zero-order valence-corrected chi connectivity index (χ0v) is 19.6. The van der Waals surface area contributed by atoms with Crippen molar-refractivity contribution in [2.45, 2.75) is 20.1 Å². The number of halogens is 2. The Morgan fingerprint density at radius 2 is 1.74 bits per heavy atom. The lowest BCUT2D eigenvalue weighted by Gasteiger charge is -2.18. The molecule has 0 aromatic heterocycles. The second-order valence-corrected chi connectivity index (χ2v) is 7.91. The van der Waals surface area contributed by atoms with Gasteiger partial charge in [-0.3, -0.25) is 0 Å². The van der Waals surface area contributed by atoms with Gasteiger partial charge in [-0.25, -0.2) is 4.79 Å². The molecule has 5 nitrogen and oxygen atoms in total. The minimum Gasteiger partial charge on any atom is -0.493 e. The molecule has 31 heavy (non-hydrogen) atoms. The monoisotopic (exact) mass is 503 g/mol. The van der Waals surface area contributed by atoms with Gasteiger partial charge in [-0.05, 0) is 61.0 Å². The number of methoxy groups -OCH3 is 1. The number of ether oxygens (including phenoxy) is 3. The summed E-state index contributed by atoms with van der Waals surface area (Å²) in [7, 11) is 1.61. The van der Waals surface area contributed by atoms with E-state index in [-0.39, 0.29) is 5.97 Å². The van der Waals surface area contributed by atoms with Crippen LogP contribution >= 0.6 is 27.5 Å². The van der Waals surface area contributed by atoms with Crippen LogP contribution in [-0.4, -0.2) is 19.7 Å². The third kappa shape index (κ3) is 6.15. The first-order valence-corrected chi connectivity index (χ1v) is 10.9. The lowest BCUT2D eigenvalue weighted by atomic mass is 10.1. The fourth-order valence-electron chi connectivity index (χ4n) is 2.93. The highest BCUT2D eigenvalue weighted by molar-refractivity contribution is 9.10. The molecule has 0 saturated heterocycles. The average molecular weight is 505 g/mol. The third-order valence-corrected chi connectivity index (χ3v) is 5.54. The van der Waals surface area contributed by atoms with Crippen LogP contribution in [-0.2, 0) is 17.9 Å². The Balaban J connectivity index is 1.75. The van der Waals surface area contributed by atoms with E-state index in [4.69, 9.17) is 25.8 Å². The first kappa shape index (κ1) is 23.0. The van der Waals surface area contributed by atoms with Crippen molar-refractivity contribution >= 4 is 39.2 Å². The van der Waals surface area contributed by atoms with E-state index in [1.54, 1.807) is 26.2 Å². The largest absolute Gasteiger partial charge is 0.493 e. The number of hydrogen-bond donors (Lipinski definition) is 1. The van der Waals surface area contributed by atoms with E-state index in [9.17, 15) is 4.79 Å². The van der Waals surface area contributed by atoms with Crippen LogP contribution in [0.15, 0.2) is 65.1 Å². The van der Waals surface area contributed by atoms with Crippen molar-refractivity contribution < 1.29 is 19.0 Å². The van der Waals surface area contributed by atoms with Gasteiger partial charge in [0.2, 0.25) is 0 Å². The van der Waals surface area contributed by atoms with Crippen molar-refractivity contribution in [2.75, 3.05) is 19.0 Å². The maximum absolute atomic E-state index is 11.8. The summed E-state index contributed by atoms with van der Waals surface area (Å²) in [5, 5.41) is 4.05. The molecular formula is C24H23BrClNO4. The molecule has 0 saturated carbocycles. The molecular weight excluding hydrogens is 482 g/mol. The number of carbonyl (C=O) groups excluding carboxylic acids is 1. The van der Waals surface area contributed by atoms with Crippen LogP contribution in [0.2, 0.25) is 5.02 Å². The quantitative estimate of drug-likeness (QED) is 0.338. The maximum Gasteiger partial charge on any atom is 0.338 e. The highest BCUT2D eigenvalue weighted by Gasteiger charge is 2.15. The first-order valence-electron chi connectivity index (χ1n) is 9.75. The van der Waals surface area contributed by atoms with Crippen LogP contribution in [0, 0.1) is 0 Å². The number of carbonyl (C=O) groups is 1. The van der Waals surface area contributed by atoms with Crippen molar-refractivity contribution in [1.82, 2.24) is 0 Å². The van der Waals surface area contributed by atoms with E-state index in [2.05, 4.69) is 21.2 Å². The molecule has 162 valence electrons. The van der Waals surface area contributed by atoms with E-state index in [1.165, 1.54) is 0 Å². The van der Waals surface area contributed by atoms with Crippen LogP contribution < -0.4 is 14.8 Å². The number of benzene rings is 3. The normalized spacial score (nSPS) is 10.5. The molecule has 0 fully saturated rings. The topological polar surface area (TPSA) is 56.8 Å². The van der Waals surface area contributed by atoms with Gasteiger partial charge >= 0.3 is 5.97 Å². The summed E-state index contributed by atoms with van der Waals surface area (Å²) in [6.45, 7) is 3.01. The summed E-state index contributed by atoms with van der Waals surface area (Å²) in [6, 6.07) is 18.5. The predicted molar refractivity (Wildman–Crippen MR) is 126 cm³/mol. The summed E-state index contributed by atoms with van der Waals surface area (Å²) >= 11 is 9.58. The second-order valence-electron chi connectivity index (χ2n) is 6.62. The molecule has 0 amide bonds. The number of rotatable bonds is 9. The Morgan fingerprint density at radius 3 is 2.39 bits per heavy atom. The molecule has 0 aliphatic carbocycles. The molecule has 0 atom stereocenters. The van der Waals surface area contributed by atoms with Crippen LogP contribution in [0.1, 0.15) is 28.4 Å². The van der Waals surface area contributed by atoms with Gasteiger partial charge in [0.1, 0.15) is 6.61 Å². The van der Waals surface area contributed by atoms with Crippen molar-refractivity contribution in [1.29, 1.82) is 0 Å². The molecule has 3 rings (SSSR count). The Hall–Kier alpha value is -2.70. The number of hydrogen-bond acceptors (Lipinski definition) is 5. The maximum atomic E-state index is 11.8. The Kier molecular flexibility index (Phi) is 8.20. The van der Waals surface area contributed by atoms with Gasteiger partial charge in [0.15, 0.2) is 11.5 Å². The highest BCUT2D eigenvalue weighted by atomic mass is 79.9. The summed E-state index contributed by atoms with van der Waals surface area (Å²) in [5.74, 6) is 0.969. The van der Waals surface area contributed by atoms with E-state index in [0.717, 1.165) is 21.3 Å². The first-order chi connectivity index (χ1) is 15.0. The van der Waals surface area contributed by atoms with Gasteiger partial charge in [-0.15, -0.1) is 0 Å². The van der Waals surface area contributed by atoms with Gasteiger partial charge in [-0.1, -0.05) is 39.7 Å². The van der Waals surface area contributed by atoms with Crippen LogP contribution in [0.5, 0.6) is 11.5 Å². The standard InChI is InChI=1S/C24H23BrClNO4/c1-3-30-24(28)17-6-10-19(11-7-17)27-14-20-21(25)12-13-22(29-2)23(20)31-15-16-4-8-18(26)9-5-16/h4-13,27H,3,14-15H2,1-2H3. The lowest BCUT2D eigenvalue weighted by Crippen LogP contribution is -2.07. The van der Waals surface area contributed by atoms with Gasteiger partial charge in [0.25, 0.3) is 0 Å². The summed E-state index contributed by atoms with van der Waals surface area (Å²) in [4.78, 5) is 11.8. The molecule has 1 N–H and O–H groups in total. The van der Waals surface area contributed by atoms with Crippen molar-refractivity contribution in [3.05, 3.63) is 86.8 Å². The Morgan fingerprint density at radius 1 is 1.03 bits per heavy atom. The Bertz CT molecular complexity index is 1020. The van der Waals surface area contributed by atoms with Gasteiger partial charge in [-0.2, -0.15) is 0 Å². The summed E-state index contributed by atoms with van der Waals surface area (Å²) < 4.78 is 17.6. The van der Waals surface area contributed by atoms with Crippen LogP contribution in [0.4, 0.5) is 5.69 Å². The van der Waals surface area contributed by atoms with Gasteiger partial charge < -0.3 is 19.5 Å². The van der Waals surface area contributed by atoms with E-state index in [1.807, 2.05) is 48.5 Å². The average Bonchev–Trinajstić information content (AvgIpc) is 2.78. The molecule has 0 aliphatic heterocycles. The minimum atomic E-state index is -0.331. The second kappa shape index (κ2) is 11.1.